The summed E-state index contributed by atoms with van der Waals surface area (Å²) in [5.41, 5.74) is 3.49. The number of anilines is 1. The van der Waals surface area contributed by atoms with Gasteiger partial charge in [0, 0.05) is 25.5 Å². The minimum Gasteiger partial charge on any atom is -0.379 e. The molecular weight excluding hydrogens is 244 g/mol. The number of nitrogens with zero attached hydrogens (tertiary/aromatic N) is 1. The molecule has 0 spiro atoms. The molecule has 6 nitrogen and oxygen atoms in total. The van der Waals surface area contributed by atoms with Crippen LogP contribution in [-0.4, -0.2) is 30.1 Å². The minimum absolute atomic E-state index is 0.175. The van der Waals surface area contributed by atoms with Crippen LogP contribution in [0.4, 0.5) is 5.69 Å². The maximum absolute atomic E-state index is 11.9. The molecule has 106 valence electrons. The van der Waals surface area contributed by atoms with Gasteiger partial charge >= 0.3 is 0 Å². The van der Waals surface area contributed by atoms with E-state index < -0.39 is 0 Å². The van der Waals surface area contributed by atoms with Gasteiger partial charge in [0.15, 0.2) is 0 Å². The van der Waals surface area contributed by atoms with Crippen LogP contribution in [0.2, 0.25) is 0 Å². The Morgan fingerprint density at radius 2 is 2.26 bits per heavy atom. The molecule has 0 saturated carbocycles. The lowest BCUT2D eigenvalue weighted by Gasteiger charge is -2.09. The number of hydrogen-bond donors (Lipinski definition) is 3. The number of nitrogen functional groups attached to an aromatic ring is 1. The number of carbonyl (C=O) groups excluding carboxylic acids is 1. The standard InChI is InChI=1S/C13H22N4O2/c1-10(2)19-8-4-3-6-16-13(18)11-9-15-7-5-12(11)17-14/h5,7,9-10H,3-4,6,8,14H2,1-2H3,(H,15,17)(H,16,18). The van der Waals surface area contributed by atoms with Crippen LogP contribution in [0.15, 0.2) is 18.5 Å². The lowest BCUT2D eigenvalue weighted by Crippen LogP contribution is -2.26. The van der Waals surface area contributed by atoms with Crippen molar-refractivity contribution in [2.75, 3.05) is 18.6 Å². The van der Waals surface area contributed by atoms with Crippen molar-refractivity contribution >= 4 is 11.6 Å². The fourth-order valence-electron chi connectivity index (χ4n) is 1.54. The van der Waals surface area contributed by atoms with E-state index in [0.717, 1.165) is 19.4 Å². The molecule has 4 N–H and O–H groups in total. The molecule has 19 heavy (non-hydrogen) atoms. The summed E-state index contributed by atoms with van der Waals surface area (Å²) in [6.07, 6.45) is 5.13. The van der Waals surface area contributed by atoms with Crippen molar-refractivity contribution in [1.82, 2.24) is 10.3 Å². The van der Waals surface area contributed by atoms with Crippen molar-refractivity contribution in [3.05, 3.63) is 24.0 Å². The number of unbranched alkanes of at least 4 members (excludes halogenated alkanes) is 1. The number of ether oxygens (including phenoxy) is 1. The number of amides is 1. The second-order valence-corrected chi connectivity index (χ2v) is 4.45. The average molecular weight is 266 g/mol. The topological polar surface area (TPSA) is 89.3 Å². The maximum atomic E-state index is 11.9. The highest BCUT2D eigenvalue weighted by atomic mass is 16.5. The van der Waals surface area contributed by atoms with E-state index in [1.807, 2.05) is 13.8 Å². The molecule has 1 heterocycles. The molecule has 0 radical (unpaired) electrons. The Kier molecular flexibility index (Phi) is 6.84. The molecule has 0 atom stereocenters. The molecule has 0 aliphatic heterocycles. The van der Waals surface area contributed by atoms with Gasteiger partial charge in [-0.2, -0.15) is 0 Å². The second kappa shape index (κ2) is 8.44. The first kappa shape index (κ1) is 15.4. The zero-order valence-corrected chi connectivity index (χ0v) is 11.5. The molecule has 0 saturated heterocycles. The van der Waals surface area contributed by atoms with Crippen molar-refractivity contribution < 1.29 is 9.53 Å². The van der Waals surface area contributed by atoms with Crippen LogP contribution in [0.1, 0.15) is 37.0 Å². The van der Waals surface area contributed by atoms with Crippen LogP contribution >= 0.6 is 0 Å². The summed E-state index contributed by atoms with van der Waals surface area (Å²) in [5.74, 6) is 5.16. The molecule has 1 rings (SSSR count). The van der Waals surface area contributed by atoms with E-state index in [1.165, 1.54) is 6.20 Å². The van der Waals surface area contributed by atoms with Gasteiger partial charge in [-0.3, -0.25) is 15.6 Å². The van der Waals surface area contributed by atoms with E-state index in [-0.39, 0.29) is 12.0 Å². The van der Waals surface area contributed by atoms with Crippen molar-refractivity contribution in [3.63, 3.8) is 0 Å². The third kappa shape index (κ3) is 5.67. The van der Waals surface area contributed by atoms with Gasteiger partial charge in [-0.15, -0.1) is 0 Å². The first-order chi connectivity index (χ1) is 9.15. The fourth-order valence-corrected chi connectivity index (χ4v) is 1.54. The third-order valence-corrected chi connectivity index (χ3v) is 2.53. The SMILES string of the molecule is CC(C)OCCCCNC(=O)c1cnccc1NN. The summed E-state index contributed by atoms with van der Waals surface area (Å²) < 4.78 is 5.42. The lowest BCUT2D eigenvalue weighted by molar-refractivity contribution is 0.0754. The average Bonchev–Trinajstić information content (AvgIpc) is 2.42. The summed E-state index contributed by atoms with van der Waals surface area (Å²) in [7, 11) is 0. The Morgan fingerprint density at radius 3 is 2.95 bits per heavy atom. The number of nitrogens with two attached hydrogens (primary N) is 1. The normalized spacial score (nSPS) is 10.5. The van der Waals surface area contributed by atoms with Crippen LogP contribution in [-0.2, 0) is 4.74 Å². The zero-order valence-electron chi connectivity index (χ0n) is 11.5. The molecule has 0 unspecified atom stereocenters. The summed E-state index contributed by atoms with van der Waals surface area (Å²) in [4.78, 5) is 15.8. The van der Waals surface area contributed by atoms with Gasteiger partial charge in [0.25, 0.3) is 5.91 Å². The Bertz CT molecular complexity index is 396. The highest BCUT2D eigenvalue weighted by molar-refractivity contribution is 5.99. The van der Waals surface area contributed by atoms with E-state index in [4.69, 9.17) is 10.6 Å². The Hall–Kier alpha value is -1.66. The highest BCUT2D eigenvalue weighted by Gasteiger charge is 2.09. The Labute approximate surface area is 113 Å². The van der Waals surface area contributed by atoms with Crippen LogP contribution in [0, 0.1) is 0 Å². The third-order valence-electron chi connectivity index (χ3n) is 2.53. The van der Waals surface area contributed by atoms with E-state index in [9.17, 15) is 4.79 Å². The summed E-state index contributed by atoms with van der Waals surface area (Å²) >= 11 is 0. The number of pyridine rings is 1. The maximum Gasteiger partial charge on any atom is 0.255 e. The first-order valence-electron chi connectivity index (χ1n) is 6.45. The van der Waals surface area contributed by atoms with Crippen LogP contribution < -0.4 is 16.6 Å². The van der Waals surface area contributed by atoms with Crippen molar-refractivity contribution in [2.24, 2.45) is 5.84 Å². The van der Waals surface area contributed by atoms with Gasteiger partial charge in [0.05, 0.1) is 17.4 Å². The summed E-state index contributed by atoms with van der Waals surface area (Å²) in [6, 6.07) is 1.66. The number of hydrogen-bond acceptors (Lipinski definition) is 5. The van der Waals surface area contributed by atoms with Crippen molar-refractivity contribution in [2.45, 2.75) is 32.8 Å². The summed E-state index contributed by atoms with van der Waals surface area (Å²) in [5, 5.41) is 2.83. The van der Waals surface area contributed by atoms with Crippen LogP contribution in [0.25, 0.3) is 0 Å². The molecular formula is C13H22N4O2. The second-order valence-electron chi connectivity index (χ2n) is 4.45. The van der Waals surface area contributed by atoms with E-state index in [1.54, 1.807) is 12.3 Å². The zero-order chi connectivity index (χ0) is 14.1. The Morgan fingerprint density at radius 1 is 1.47 bits per heavy atom. The molecule has 0 aliphatic rings. The summed E-state index contributed by atoms with van der Waals surface area (Å²) in [6.45, 7) is 5.34. The van der Waals surface area contributed by atoms with Gasteiger partial charge in [-0.25, -0.2) is 0 Å². The number of rotatable bonds is 8. The number of carbonyl (C=O) groups is 1. The van der Waals surface area contributed by atoms with Gasteiger partial charge in [-0.05, 0) is 32.8 Å². The number of aromatic nitrogens is 1. The monoisotopic (exact) mass is 266 g/mol. The highest BCUT2D eigenvalue weighted by Crippen LogP contribution is 2.11. The van der Waals surface area contributed by atoms with E-state index in [0.29, 0.717) is 17.8 Å². The fraction of sp³-hybridized carbons (Fsp3) is 0.538. The first-order valence-corrected chi connectivity index (χ1v) is 6.45. The minimum atomic E-state index is -0.175. The van der Waals surface area contributed by atoms with Gasteiger partial charge < -0.3 is 15.5 Å². The van der Waals surface area contributed by atoms with Crippen molar-refractivity contribution in [1.29, 1.82) is 0 Å². The van der Waals surface area contributed by atoms with E-state index in [2.05, 4.69) is 15.7 Å². The lowest BCUT2D eigenvalue weighted by atomic mass is 10.2. The molecule has 1 amide bonds. The predicted molar refractivity (Wildman–Crippen MR) is 74.7 cm³/mol. The van der Waals surface area contributed by atoms with Crippen LogP contribution in [0.3, 0.4) is 0 Å². The van der Waals surface area contributed by atoms with Gasteiger partial charge in [-0.1, -0.05) is 0 Å². The molecule has 0 aromatic carbocycles. The predicted octanol–water partition coefficient (Wildman–Crippen LogP) is 1.30. The van der Waals surface area contributed by atoms with Crippen LogP contribution in [0.5, 0.6) is 0 Å². The number of nitrogens with one attached hydrogen (secondary N) is 2. The molecule has 1 aromatic rings. The molecule has 0 fully saturated rings. The van der Waals surface area contributed by atoms with E-state index >= 15 is 0 Å². The molecule has 1 aromatic heterocycles. The number of hydrazine groups is 1. The van der Waals surface area contributed by atoms with Crippen molar-refractivity contribution in [3.8, 4) is 0 Å². The quantitative estimate of drug-likeness (QED) is 0.375. The largest absolute Gasteiger partial charge is 0.379 e. The van der Waals surface area contributed by atoms with Gasteiger partial charge in [0.1, 0.15) is 0 Å². The molecule has 6 heteroatoms. The van der Waals surface area contributed by atoms with Gasteiger partial charge in [0.2, 0.25) is 0 Å². The molecule has 0 aliphatic carbocycles. The Balaban J connectivity index is 2.28. The molecule has 0 bridgehead atoms. The smallest absolute Gasteiger partial charge is 0.255 e.